The summed E-state index contributed by atoms with van der Waals surface area (Å²) in [6.07, 6.45) is 3.81. The summed E-state index contributed by atoms with van der Waals surface area (Å²) in [5, 5.41) is 18.4. The fourth-order valence-corrected chi connectivity index (χ4v) is 3.39. The lowest BCUT2D eigenvalue weighted by Crippen LogP contribution is -2.46. The molecule has 4 N–H and O–H groups in total. The number of hydrogen-bond donors (Lipinski definition) is 4. The first-order valence-electron chi connectivity index (χ1n) is 9.79. The molecule has 2 aromatic rings. The fourth-order valence-electron chi connectivity index (χ4n) is 3.39. The Morgan fingerprint density at radius 3 is 2.39 bits per heavy atom. The average molecular weight is 381 g/mol. The smallest absolute Gasteiger partial charge is 0.319 e. The molecule has 0 aromatic heterocycles. The van der Waals surface area contributed by atoms with Crippen molar-refractivity contribution >= 4 is 17.6 Å². The van der Waals surface area contributed by atoms with Gasteiger partial charge in [-0.15, -0.1) is 0 Å². The van der Waals surface area contributed by atoms with Crippen molar-refractivity contribution in [1.29, 1.82) is 0 Å². The van der Waals surface area contributed by atoms with Gasteiger partial charge in [0, 0.05) is 17.8 Å². The topological polar surface area (TPSA) is 90.5 Å². The fraction of sp³-hybridized carbons (Fsp3) is 0.364. The van der Waals surface area contributed by atoms with E-state index in [1.54, 1.807) is 24.3 Å². The van der Waals surface area contributed by atoms with Crippen LogP contribution in [0.3, 0.4) is 0 Å². The molecule has 1 saturated carbocycles. The number of amides is 3. The first-order chi connectivity index (χ1) is 13.6. The van der Waals surface area contributed by atoms with E-state index < -0.39 is 6.10 Å². The largest absolute Gasteiger partial charge is 0.391 e. The van der Waals surface area contributed by atoms with Crippen molar-refractivity contribution in [3.8, 4) is 0 Å². The minimum atomic E-state index is -0.485. The Labute approximate surface area is 165 Å². The van der Waals surface area contributed by atoms with Gasteiger partial charge < -0.3 is 21.1 Å². The van der Waals surface area contributed by atoms with Gasteiger partial charge in [0.05, 0.1) is 12.1 Å². The van der Waals surface area contributed by atoms with Gasteiger partial charge in [0.2, 0.25) is 0 Å². The molecule has 0 saturated heterocycles. The minimum absolute atomic E-state index is 0.141. The maximum atomic E-state index is 12.2. The normalized spacial score (nSPS) is 18.9. The van der Waals surface area contributed by atoms with E-state index in [-0.39, 0.29) is 18.0 Å². The highest BCUT2D eigenvalue weighted by Gasteiger charge is 2.24. The minimum Gasteiger partial charge on any atom is -0.391 e. The molecule has 28 heavy (non-hydrogen) atoms. The number of anilines is 1. The van der Waals surface area contributed by atoms with Crippen molar-refractivity contribution in [2.24, 2.45) is 0 Å². The van der Waals surface area contributed by atoms with E-state index in [0.29, 0.717) is 17.8 Å². The lowest BCUT2D eigenvalue weighted by Gasteiger charge is -2.28. The van der Waals surface area contributed by atoms with Crippen molar-refractivity contribution in [3.05, 3.63) is 65.7 Å². The molecule has 3 amide bonds. The Balaban J connectivity index is 1.44. The summed E-state index contributed by atoms with van der Waals surface area (Å²) < 4.78 is 0. The molecule has 0 spiro atoms. The SMILES string of the molecule is O=C(Nc1ccc(C(=O)NCCc2ccccc2)cc1)NC1CCCCC1O. The number of hydrogen-bond acceptors (Lipinski definition) is 3. The number of carbonyl (C=O) groups is 2. The number of urea groups is 1. The summed E-state index contributed by atoms with van der Waals surface area (Å²) in [5.74, 6) is -0.141. The van der Waals surface area contributed by atoms with E-state index in [0.717, 1.165) is 32.1 Å². The van der Waals surface area contributed by atoms with E-state index >= 15 is 0 Å². The van der Waals surface area contributed by atoms with Crippen LogP contribution in [0.25, 0.3) is 0 Å². The van der Waals surface area contributed by atoms with E-state index in [1.165, 1.54) is 5.56 Å². The van der Waals surface area contributed by atoms with Crippen LogP contribution in [-0.4, -0.2) is 35.7 Å². The Bertz CT molecular complexity index is 777. The molecule has 0 radical (unpaired) electrons. The molecular weight excluding hydrogens is 354 g/mol. The predicted octanol–water partition coefficient (Wildman–Crippen LogP) is 3.08. The zero-order valence-corrected chi connectivity index (χ0v) is 15.9. The Morgan fingerprint density at radius 2 is 1.68 bits per heavy atom. The van der Waals surface area contributed by atoms with Gasteiger partial charge in [-0.1, -0.05) is 43.2 Å². The van der Waals surface area contributed by atoms with Gasteiger partial charge in [0.25, 0.3) is 5.91 Å². The number of nitrogens with one attached hydrogen (secondary N) is 3. The monoisotopic (exact) mass is 381 g/mol. The van der Waals surface area contributed by atoms with E-state index in [1.807, 2.05) is 30.3 Å². The summed E-state index contributed by atoms with van der Waals surface area (Å²) >= 11 is 0. The van der Waals surface area contributed by atoms with Crippen LogP contribution < -0.4 is 16.0 Å². The summed E-state index contributed by atoms with van der Waals surface area (Å²) in [6, 6.07) is 16.2. The van der Waals surface area contributed by atoms with Crippen molar-refractivity contribution in [2.75, 3.05) is 11.9 Å². The van der Waals surface area contributed by atoms with Gasteiger partial charge in [-0.3, -0.25) is 4.79 Å². The third-order valence-corrected chi connectivity index (χ3v) is 4.99. The molecule has 1 fully saturated rings. The third-order valence-electron chi connectivity index (χ3n) is 4.99. The molecule has 6 heteroatoms. The number of carbonyl (C=O) groups excluding carboxylic acids is 2. The first kappa shape index (κ1) is 19.9. The lowest BCUT2D eigenvalue weighted by atomic mass is 9.93. The molecule has 2 atom stereocenters. The van der Waals surface area contributed by atoms with Gasteiger partial charge in [0.15, 0.2) is 0 Å². The Kier molecular flexibility index (Phi) is 7.03. The molecule has 3 rings (SSSR count). The highest BCUT2D eigenvalue weighted by atomic mass is 16.3. The molecule has 6 nitrogen and oxygen atoms in total. The van der Waals surface area contributed by atoms with Gasteiger partial charge in [-0.05, 0) is 49.1 Å². The van der Waals surface area contributed by atoms with Crippen LogP contribution in [0.4, 0.5) is 10.5 Å². The molecule has 148 valence electrons. The second-order valence-electron chi connectivity index (χ2n) is 7.13. The highest BCUT2D eigenvalue weighted by molar-refractivity contribution is 5.95. The van der Waals surface area contributed by atoms with Crippen LogP contribution in [0, 0.1) is 0 Å². The molecule has 0 aliphatic heterocycles. The number of benzene rings is 2. The number of aliphatic hydroxyl groups excluding tert-OH is 1. The van der Waals surface area contributed by atoms with Crippen LogP contribution >= 0.6 is 0 Å². The van der Waals surface area contributed by atoms with E-state index in [4.69, 9.17) is 0 Å². The molecular formula is C22H27N3O3. The maximum Gasteiger partial charge on any atom is 0.319 e. The molecule has 1 aliphatic rings. The van der Waals surface area contributed by atoms with Crippen LogP contribution in [0.1, 0.15) is 41.6 Å². The van der Waals surface area contributed by atoms with Crippen molar-refractivity contribution in [1.82, 2.24) is 10.6 Å². The van der Waals surface area contributed by atoms with Crippen LogP contribution in [0.2, 0.25) is 0 Å². The quantitative estimate of drug-likeness (QED) is 0.620. The zero-order valence-electron chi connectivity index (χ0n) is 15.9. The predicted molar refractivity (Wildman–Crippen MR) is 109 cm³/mol. The summed E-state index contributed by atoms with van der Waals surface area (Å²) in [4.78, 5) is 24.3. The molecule has 0 bridgehead atoms. The van der Waals surface area contributed by atoms with Crippen molar-refractivity contribution < 1.29 is 14.7 Å². The van der Waals surface area contributed by atoms with Gasteiger partial charge in [-0.2, -0.15) is 0 Å². The van der Waals surface area contributed by atoms with Crippen molar-refractivity contribution in [2.45, 2.75) is 44.2 Å². The molecule has 2 unspecified atom stereocenters. The van der Waals surface area contributed by atoms with E-state index in [2.05, 4.69) is 16.0 Å². The van der Waals surface area contributed by atoms with Crippen LogP contribution in [0.15, 0.2) is 54.6 Å². The maximum absolute atomic E-state index is 12.2. The molecule has 2 aromatic carbocycles. The Morgan fingerprint density at radius 1 is 0.964 bits per heavy atom. The Hall–Kier alpha value is -2.86. The first-order valence-corrected chi connectivity index (χ1v) is 9.79. The summed E-state index contributed by atoms with van der Waals surface area (Å²) in [6.45, 7) is 0.564. The van der Waals surface area contributed by atoms with Gasteiger partial charge in [0.1, 0.15) is 0 Å². The highest BCUT2D eigenvalue weighted by Crippen LogP contribution is 2.18. The molecule has 0 heterocycles. The third kappa shape index (κ3) is 5.82. The van der Waals surface area contributed by atoms with Gasteiger partial charge >= 0.3 is 6.03 Å². The van der Waals surface area contributed by atoms with Crippen LogP contribution in [0.5, 0.6) is 0 Å². The molecule has 1 aliphatic carbocycles. The van der Waals surface area contributed by atoms with Crippen molar-refractivity contribution in [3.63, 3.8) is 0 Å². The summed E-state index contributed by atoms with van der Waals surface area (Å²) in [5.41, 5.74) is 2.32. The lowest BCUT2D eigenvalue weighted by molar-refractivity contribution is 0.0952. The second kappa shape index (κ2) is 9.90. The standard InChI is InChI=1S/C22H27N3O3/c26-20-9-5-4-8-19(20)25-22(28)24-18-12-10-17(11-13-18)21(27)23-15-14-16-6-2-1-3-7-16/h1-3,6-7,10-13,19-20,26H,4-5,8-9,14-15H2,(H,23,27)(H2,24,25,28). The van der Waals surface area contributed by atoms with Gasteiger partial charge in [-0.25, -0.2) is 4.79 Å². The van der Waals surface area contributed by atoms with Crippen LogP contribution in [-0.2, 0) is 6.42 Å². The zero-order chi connectivity index (χ0) is 19.8. The second-order valence-corrected chi connectivity index (χ2v) is 7.13. The summed E-state index contributed by atoms with van der Waals surface area (Å²) in [7, 11) is 0. The number of aliphatic hydroxyl groups is 1. The average Bonchev–Trinajstić information content (AvgIpc) is 2.71. The van der Waals surface area contributed by atoms with E-state index in [9.17, 15) is 14.7 Å². The number of rotatable bonds is 6.